The zero-order valence-electron chi connectivity index (χ0n) is 10.4. The molecule has 2 aromatic rings. The van der Waals surface area contributed by atoms with Crippen LogP contribution in [0.3, 0.4) is 0 Å². The highest BCUT2D eigenvalue weighted by atomic mass is 35.5. The van der Waals surface area contributed by atoms with Gasteiger partial charge in [-0.25, -0.2) is 4.98 Å². The molecule has 1 aromatic carbocycles. The molecule has 0 radical (unpaired) electrons. The van der Waals surface area contributed by atoms with Crippen LogP contribution in [0.15, 0.2) is 24.3 Å². The van der Waals surface area contributed by atoms with Gasteiger partial charge in [0.25, 0.3) is 0 Å². The van der Waals surface area contributed by atoms with Crippen molar-refractivity contribution in [3.63, 3.8) is 0 Å². The van der Waals surface area contributed by atoms with Crippen LogP contribution in [0.4, 0.5) is 10.8 Å². The van der Waals surface area contributed by atoms with Crippen LogP contribution in [0.1, 0.15) is 22.2 Å². The van der Waals surface area contributed by atoms with E-state index in [4.69, 9.17) is 11.6 Å². The van der Waals surface area contributed by atoms with Gasteiger partial charge in [-0.2, -0.15) is 0 Å². The van der Waals surface area contributed by atoms with Crippen molar-refractivity contribution in [1.29, 1.82) is 0 Å². The van der Waals surface area contributed by atoms with Gasteiger partial charge in [-0.3, -0.25) is 14.5 Å². The maximum atomic E-state index is 11.9. The van der Waals surface area contributed by atoms with Crippen molar-refractivity contribution >= 4 is 46.0 Å². The van der Waals surface area contributed by atoms with Crippen molar-refractivity contribution in [3.05, 3.63) is 39.9 Å². The quantitative estimate of drug-likeness (QED) is 0.813. The van der Waals surface area contributed by atoms with Gasteiger partial charge >= 0.3 is 0 Å². The fourth-order valence-electron chi connectivity index (χ4n) is 1.69. The third kappa shape index (κ3) is 2.67. The summed E-state index contributed by atoms with van der Waals surface area (Å²) in [6.07, 6.45) is 0.639. The lowest BCUT2D eigenvalue weighted by molar-refractivity contribution is -0.115. The third-order valence-electron chi connectivity index (χ3n) is 2.57. The summed E-state index contributed by atoms with van der Waals surface area (Å²) in [4.78, 5) is 28.5. The van der Waals surface area contributed by atoms with Gasteiger partial charge in [0.2, 0.25) is 5.91 Å². The number of hydrogen-bond donors (Lipinski definition) is 0. The van der Waals surface area contributed by atoms with E-state index in [0.717, 1.165) is 22.6 Å². The number of aldehydes is 1. The Morgan fingerprint density at radius 2 is 2.11 bits per heavy atom. The summed E-state index contributed by atoms with van der Waals surface area (Å²) in [7, 11) is 0. The highest BCUT2D eigenvalue weighted by Gasteiger charge is 2.21. The summed E-state index contributed by atoms with van der Waals surface area (Å²) in [5, 5.41) is 0.517. The Hall–Kier alpha value is -1.72. The van der Waals surface area contributed by atoms with E-state index in [-0.39, 0.29) is 11.1 Å². The minimum Gasteiger partial charge on any atom is -0.297 e. The number of anilines is 2. The number of nitrogens with zero attached hydrogens (tertiary/aromatic N) is 2. The SMILES string of the molecule is CC(=O)N(c1nc(Cl)c(C=O)s1)c1ccccc1C. The first-order valence-corrected chi connectivity index (χ1v) is 6.72. The number of rotatable bonds is 3. The molecule has 1 amide bonds. The van der Waals surface area contributed by atoms with E-state index in [1.54, 1.807) is 0 Å². The van der Waals surface area contributed by atoms with Crippen molar-refractivity contribution in [3.8, 4) is 0 Å². The summed E-state index contributed by atoms with van der Waals surface area (Å²) < 4.78 is 0. The Morgan fingerprint density at radius 1 is 1.42 bits per heavy atom. The smallest absolute Gasteiger partial charge is 0.230 e. The number of hydrogen-bond acceptors (Lipinski definition) is 4. The zero-order valence-corrected chi connectivity index (χ0v) is 12.0. The largest absolute Gasteiger partial charge is 0.297 e. The highest BCUT2D eigenvalue weighted by molar-refractivity contribution is 7.18. The predicted octanol–water partition coefficient (Wildman–Crippen LogP) is 3.60. The molecule has 0 N–H and O–H groups in total. The van der Waals surface area contributed by atoms with E-state index in [0.29, 0.717) is 16.3 Å². The molecule has 19 heavy (non-hydrogen) atoms. The van der Waals surface area contributed by atoms with Gasteiger partial charge < -0.3 is 0 Å². The van der Waals surface area contributed by atoms with Crippen LogP contribution in [0.5, 0.6) is 0 Å². The molecule has 0 unspecified atom stereocenters. The molecular weight excluding hydrogens is 284 g/mol. The number of aryl methyl sites for hydroxylation is 1. The second-order valence-electron chi connectivity index (χ2n) is 3.91. The van der Waals surface area contributed by atoms with Crippen molar-refractivity contribution < 1.29 is 9.59 Å². The number of thiazole rings is 1. The molecule has 0 aliphatic heterocycles. The fourth-order valence-corrected chi connectivity index (χ4v) is 2.81. The van der Waals surface area contributed by atoms with Crippen LogP contribution < -0.4 is 4.90 Å². The Morgan fingerprint density at radius 3 is 2.63 bits per heavy atom. The molecule has 0 aliphatic carbocycles. The molecule has 6 heteroatoms. The van der Waals surface area contributed by atoms with Gasteiger partial charge in [0, 0.05) is 6.92 Å². The van der Waals surface area contributed by atoms with E-state index >= 15 is 0 Å². The van der Waals surface area contributed by atoms with E-state index in [1.807, 2.05) is 31.2 Å². The molecule has 0 atom stereocenters. The molecule has 1 heterocycles. The topological polar surface area (TPSA) is 50.3 Å². The van der Waals surface area contributed by atoms with Gasteiger partial charge in [0.15, 0.2) is 16.6 Å². The van der Waals surface area contributed by atoms with Gasteiger partial charge in [0.1, 0.15) is 4.88 Å². The number of benzene rings is 1. The molecule has 0 bridgehead atoms. The molecule has 4 nitrogen and oxygen atoms in total. The van der Waals surface area contributed by atoms with Gasteiger partial charge in [-0.05, 0) is 18.6 Å². The zero-order chi connectivity index (χ0) is 14.0. The van der Waals surface area contributed by atoms with Crippen molar-refractivity contribution in [2.75, 3.05) is 4.90 Å². The number of para-hydroxylation sites is 1. The van der Waals surface area contributed by atoms with Gasteiger partial charge in [-0.1, -0.05) is 41.1 Å². The molecule has 0 saturated heterocycles. The van der Waals surface area contributed by atoms with Gasteiger partial charge in [0.05, 0.1) is 5.69 Å². The first-order valence-electron chi connectivity index (χ1n) is 5.52. The van der Waals surface area contributed by atoms with Crippen LogP contribution in [0.2, 0.25) is 5.15 Å². The van der Waals surface area contributed by atoms with Crippen LogP contribution in [0.25, 0.3) is 0 Å². The third-order valence-corrected chi connectivity index (χ3v) is 3.93. The lowest BCUT2D eigenvalue weighted by atomic mass is 10.2. The Bertz CT molecular complexity index is 639. The summed E-state index contributed by atoms with van der Waals surface area (Å²) in [5.41, 5.74) is 1.68. The summed E-state index contributed by atoms with van der Waals surface area (Å²) in [6.45, 7) is 3.35. The second-order valence-corrected chi connectivity index (χ2v) is 5.28. The molecule has 98 valence electrons. The maximum Gasteiger partial charge on any atom is 0.230 e. The first-order chi connectivity index (χ1) is 9.04. The van der Waals surface area contributed by atoms with Crippen LogP contribution >= 0.6 is 22.9 Å². The average molecular weight is 295 g/mol. The minimum atomic E-state index is -0.183. The number of carbonyl (C=O) groups is 2. The minimum absolute atomic E-state index is 0.120. The van der Waals surface area contributed by atoms with E-state index in [9.17, 15) is 9.59 Å². The number of amides is 1. The Balaban J connectivity index is 2.55. The number of halogens is 1. The molecule has 0 fully saturated rings. The average Bonchev–Trinajstić information content (AvgIpc) is 2.72. The normalized spacial score (nSPS) is 10.3. The lowest BCUT2D eigenvalue weighted by Crippen LogP contribution is -2.23. The van der Waals surface area contributed by atoms with E-state index in [2.05, 4.69) is 4.98 Å². The van der Waals surface area contributed by atoms with Crippen molar-refractivity contribution in [2.24, 2.45) is 0 Å². The predicted molar refractivity (Wildman–Crippen MR) is 76.5 cm³/mol. The maximum absolute atomic E-state index is 11.9. The van der Waals surface area contributed by atoms with Crippen LogP contribution in [-0.4, -0.2) is 17.2 Å². The molecule has 0 saturated carbocycles. The highest BCUT2D eigenvalue weighted by Crippen LogP contribution is 2.34. The summed E-state index contributed by atoms with van der Waals surface area (Å²) in [5.74, 6) is -0.183. The lowest BCUT2D eigenvalue weighted by Gasteiger charge is -2.19. The number of carbonyl (C=O) groups excluding carboxylic acids is 2. The van der Waals surface area contributed by atoms with Gasteiger partial charge in [-0.15, -0.1) is 0 Å². The molecule has 2 rings (SSSR count). The number of aromatic nitrogens is 1. The second kappa shape index (κ2) is 5.50. The van der Waals surface area contributed by atoms with Crippen molar-refractivity contribution in [1.82, 2.24) is 4.98 Å². The van der Waals surface area contributed by atoms with E-state index < -0.39 is 0 Å². The van der Waals surface area contributed by atoms with Crippen LogP contribution in [-0.2, 0) is 4.79 Å². The molecular formula is C13H11ClN2O2S. The standard InChI is InChI=1S/C13H11ClN2O2S/c1-8-5-3-4-6-10(8)16(9(2)18)13-15-12(14)11(7-17)19-13/h3-7H,1-2H3. The summed E-state index contributed by atoms with van der Waals surface area (Å²) in [6, 6.07) is 7.46. The van der Waals surface area contributed by atoms with E-state index in [1.165, 1.54) is 11.8 Å². The summed E-state index contributed by atoms with van der Waals surface area (Å²) >= 11 is 6.94. The Labute approximate surface area is 119 Å². The first kappa shape index (κ1) is 13.7. The molecule has 0 aliphatic rings. The fraction of sp³-hybridized carbons (Fsp3) is 0.154. The molecule has 1 aromatic heterocycles. The Kier molecular flexibility index (Phi) is 3.97. The monoisotopic (exact) mass is 294 g/mol. The van der Waals surface area contributed by atoms with Crippen LogP contribution in [0, 0.1) is 6.92 Å². The van der Waals surface area contributed by atoms with Crippen molar-refractivity contribution in [2.45, 2.75) is 13.8 Å². The molecule has 0 spiro atoms.